The van der Waals surface area contributed by atoms with Crippen molar-refractivity contribution < 1.29 is 27.4 Å². The van der Waals surface area contributed by atoms with Gasteiger partial charge < -0.3 is 14.4 Å². The molecule has 1 amide bonds. The number of alkyl halides is 2. The third kappa shape index (κ3) is 4.64. The van der Waals surface area contributed by atoms with E-state index in [0.29, 0.717) is 5.56 Å². The molecule has 0 N–H and O–H groups in total. The molecule has 28 heavy (non-hydrogen) atoms. The average Bonchev–Trinajstić information content (AvgIpc) is 3.47. The first-order valence-electron chi connectivity index (χ1n) is 8.37. The highest BCUT2D eigenvalue weighted by Crippen LogP contribution is 2.35. The lowest BCUT2D eigenvalue weighted by Crippen LogP contribution is -2.33. The molecule has 0 saturated heterocycles. The van der Waals surface area contributed by atoms with Gasteiger partial charge in [0.1, 0.15) is 5.82 Å². The monoisotopic (exact) mass is 433 g/mol. The summed E-state index contributed by atoms with van der Waals surface area (Å²) in [5.41, 5.74) is 0.657. The van der Waals surface area contributed by atoms with E-state index in [1.807, 2.05) is 0 Å². The van der Waals surface area contributed by atoms with Crippen LogP contribution >= 0.6 is 23.2 Å². The third-order valence-electron chi connectivity index (χ3n) is 4.29. The molecule has 0 unspecified atom stereocenters. The summed E-state index contributed by atoms with van der Waals surface area (Å²) in [6.07, 6.45) is 1.62. The van der Waals surface area contributed by atoms with Gasteiger partial charge in [0.15, 0.2) is 11.5 Å². The number of carbonyl (C=O) groups is 1. The minimum atomic E-state index is -2.98. The van der Waals surface area contributed by atoms with Gasteiger partial charge in [-0.2, -0.15) is 8.78 Å². The van der Waals surface area contributed by atoms with E-state index >= 15 is 0 Å². The van der Waals surface area contributed by atoms with Crippen molar-refractivity contribution in [3.63, 3.8) is 0 Å². The molecule has 1 saturated carbocycles. The van der Waals surface area contributed by atoms with E-state index in [-0.39, 0.29) is 39.7 Å². The summed E-state index contributed by atoms with van der Waals surface area (Å²) in [4.78, 5) is 14.5. The fourth-order valence-electron chi connectivity index (χ4n) is 2.79. The Labute approximate surface area is 169 Å². The first kappa shape index (κ1) is 20.6. The number of benzene rings is 2. The molecular formula is C19H16Cl2F3NO3. The molecule has 1 aliphatic carbocycles. The highest BCUT2D eigenvalue weighted by Gasteiger charge is 2.34. The minimum absolute atomic E-state index is 0.00899. The van der Waals surface area contributed by atoms with Crippen LogP contribution in [0.5, 0.6) is 11.5 Å². The number of nitrogens with zero attached hydrogens (tertiary/aromatic N) is 1. The van der Waals surface area contributed by atoms with Gasteiger partial charge in [0, 0.05) is 12.6 Å². The van der Waals surface area contributed by atoms with Crippen LogP contribution in [0.25, 0.3) is 0 Å². The first-order chi connectivity index (χ1) is 13.3. The molecule has 9 heteroatoms. The fraction of sp³-hybridized carbons (Fsp3) is 0.316. The minimum Gasteiger partial charge on any atom is -0.493 e. The van der Waals surface area contributed by atoms with E-state index in [2.05, 4.69) is 4.74 Å². The smallest absolute Gasteiger partial charge is 0.387 e. The summed E-state index contributed by atoms with van der Waals surface area (Å²) in [5, 5.41) is -0.112. The predicted molar refractivity (Wildman–Crippen MR) is 98.9 cm³/mol. The zero-order valence-corrected chi connectivity index (χ0v) is 16.2. The second-order valence-electron chi connectivity index (χ2n) is 6.27. The Bertz CT molecular complexity index is 891. The van der Waals surface area contributed by atoms with E-state index in [1.54, 1.807) is 11.0 Å². The predicted octanol–water partition coefficient (Wildman–Crippen LogP) is 5.55. The van der Waals surface area contributed by atoms with Gasteiger partial charge in [0.05, 0.1) is 22.7 Å². The van der Waals surface area contributed by atoms with Gasteiger partial charge in [-0.15, -0.1) is 0 Å². The highest BCUT2D eigenvalue weighted by atomic mass is 35.5. The summed E-state index contributed by atoms with van der Waals surface area (Å²) >= 11 is 11.8. The topological polar surface area (TPSA) is 38.8 Å². The van der Waals surface area contributed by atoms with Crippen LogP contribution in [0.4, 0.5) is 13.2 Å². The van der Waals surface area contributed by atoms with E-state index in [1.165, 1.54) is 25.3 Å². The summed E-state index contributed by atoms with van der Waals surface area (Å²) in [6.45, 7) is -2.80. The zero-order chi connectivity index (χ0) is 20.4. The number of hydrogen-bond donors (Lipinski definition) is 0. The Morgan fingerprint density at radius 2 is 1.89 bits per heavy atom. The van der Waals surface area contributed by atoms with Crippen LogP contribution in [0, 0.1) is 5.82 Å². The van der Waals surface area contributed by atoms with Gasteiger partial charge in [-0.25, -0.2) is 4.39 Å². The highest BCUT2D eigenvalue weighted by molar-refractivity contribution is 6.36. The molecule has 3 rings (SSSR count). The number of hydrogen-bond acceptors (Lipinski definition) is 3. The summed E-state index contributed by atoms with van der Waals surface area (Å²) in [5.74, 6) is -1.15. The van der Waals surface area contributed by atoms with Gasteiger partial charge in [0.25, 0.3) is 5.91 Å². The van der Waals surface area contributed by atoms with E-state index in [4.69, 9.17) is 27.9 Å². The van der Waals surface area contributed by atoms with E-state index < -0.39 is 18.3 Å². The lowest BCUT2D eigenvalue weighted by molar-refractivity contribution is -0.0512. The number of halogens is 5. The molecule has 0 aromatic heterocycles. The molecule has 1 aliphatic rings. The Morgan fingerprint density at radius 3 is 2.50 bits per heavy atom. The number of methoxy groups -OCH3 is 1. The largest absolute Gasteiger partial charge is 0.493 e. The quantitative estimate of drug-likeness (QED) is 0.537. The molecule has 0 aliphatic heterocycles. The van der Waals surface area contributed by atoms with Crippen molar-refractivity contribution in [2.75, 3.05) is 7.11 Å². The van der Waals surface area contributed by atoms with Crippen molar-refractivity contribution in [2.45, 2.75) is 32.0 Å². The third-order valence-corrected chi connectivity index (χ3v) is 4.89. The zero-order valence-electron chi connectivity index (χ0n) is 14.7. The number of rotatable bonds is 7. The van der Waals surface area contributed by atoms with Crippen molar-refractivity contribution in [3.05, 3.63) is 57.3 Å². The number of ether oxygens (including phenoxy) is 2. The first-order valence-corrected chi connectivity index (χ1v) is 9.13. The van der Waals surface area contributed by atoms with Crippen molar-refractivity contribution in [1.82, 2.24) is 4.90 Å². The van der Waals surface area contributed by atoms with Gasteiger partial charge in [-0.1, -0.05) is 29.3 Å². The van der Waals surface area contributed by atoms with Crippen LogP contribution in [-0.4, -0.2) is 30.6 Å². The molecule has 1 fully saturated rings. The summed E-state index contributed by atoms with van der Waals surface area (Å²) < 4.78 is 48.3. The second-order valence-corrected chi connectivity index (χ2v) is 7.09. The maximum Gasteiger partial charge on any atom is 0.387 e. The van der Waals surface area contributed by atoms with Gasteiger partial charge in [-0.3, -0.25) is 4.79 Å². The summed E-state index contributed by atoms with van der Waals surface area (Å²) in [7, 11) is 1.33. The van der Waals surface area contributed by atoms with Gasteiger partial charge in [-0.05, 0) is 42.7 Å². The Hall–Kier alpha value is -2.12. The fourth-order valence-corrected chi connectivity index (χ4v) is 3.26. The van der Waals surface area contributed by atoms with E-state index in [9.17, 15) is 18.0 Å². The Morgan fingerprint density at radius 1 is 1.18 bits per heavy atom. The molecular weight excluding hydrogens is 418 g/mol. The molecule has 0 spiro atoms. The maximum absolute atomic E-state index is 13.8. The number of carbonyl (C=O) groups excluding carboxylic acids is 1. The Balaban J connectivity index is 1.86. The Kier molecular flexibility index (Phi) is 6.25. The van der Waals surface area contributed by atoms with Crippen LogP contribution < -0.4 is 9.47 Å². The molecule has 150 valence electrons. The van der Waals surface area contributed by atoms with E-state index in [0.717, 1.165) is 18.9 Å². The van der Waals surface area contributed by atoms with Crippen molar-refractivity contribution in [1.29, 1.82) is 0 Å². The van der Waals surface area contributed by atoms with Crippen LogP contribution in [0.3, 0.4) is 0 Å². The van der Waals surface area contributed by atoms with Crippen LogP contribution in [-0.2, 0) is 6.54 Å². The van der Waals surface area contributed by atoms with Crippen molar-refractivity contribution in [2.24, 2.45) is 0 Å². The second kappa shape index (κ2) is 8.49. The van der Waals surface area contributed by atoms with Crippen molar-refractivity contribution >= 4 is 29.1 Å². The lowest BCUT2D eigenvalue weighted by Gasteiger charge is -2.24. The molecule has 0 radical (unpaired) electrons. The number of amides is 1. The molecule has 2 aromatic carbocycles. The molecule has 0 bridgehead atoms. The van der Waals surface area contributed by atoms with Gasteiger partial charge >= 0.3 is 6.61 Å². The maximum atomic E-state index is 13.8. The van der Waals surface area contributed by atoms with Crippen LogP contribution in [0.1, 0.15) is 28.8 Å². The molecule has 0 atom stereocenters. The van der Waals surface area contributed by atoms with Crippen LogP contribution in [0.15, 0.2) is 30.3 Å². The lowest BCUT2D eigenvalue weighted by atomic mass is 10.1. The van der Waals surface area contributed by atoms with Gasteiger partial charge in [0.2, 0.25) is 0 Å². The van der Waals surface area contributed by atoms with Crippen molar-refractivity contribution in [3.8, 4) is 11.5 Å². The molecule has 4 nitrogen and oxygen atoms in total. The average molecular weight is 434 g/mol. The normalized spacial score (nSPS) is 13.5. The van der Waals surface area contributed by atoms with Crippen LogP contribution in [0.2, 0.25) is 10.0 Å². The standard InChI is InChI=1S/C19H16Cl2F3NO3/c1-27-17-6-10(2-5-16(17)28-19(23)24)9-25(11-3-4-11)18(26)12-7-15(22)14(21)8-13(12)20/h2,5-8,11,19H,3-4,9H2,1H3. The summed E-state index contributed by atoms with van der Waals surface area (Å²) in [6, 6.07) is 6.63. The SMILES string of the molecule is COc1cc(CN(C(=O)c2cc(F)c(Cl)cc2Cl)C2CC2)ccc1OC(F)F. The molecule has 2 aromatic rings. The molecule has 0 heterocycles.